The van der Waals surface area contributed by atoms with Gasteiger partial charge < -0.3 is 10.1 Å². The summed E-state index contributed by atoms with van der Waals surface area (Å²) >= 11 is 0. The summed E-state index contributed by atoms with van der Waals surface area (Å²) in [5.41, 5.74) is 1.70. The number of anilines is 1. The lowest BCUT2D eigenvalue weighted by molar-refractivity contribution is 0.326. The largest absolute Gasteiger partial charge is 0.490 e. The molecule has 0 saturated heterocycles. The van der Waals surface area contributed by atoms with Gasteiger partial charge in [0.15, 0.2) is 0 Å². The molecular weight excluding hydrogens is 137 g/mol. The van der Waals surface area contributed by atoms with E-state index in [2.05, 4.69) is 5.32 Å². The summed E-state index contributed by atoms with van der Waals surface area (Å²) in [5, 5.41) is 3.20. The summed E-state index contributed by atoms with van der Waals surface area (Å²) in [7, 11) is 5.68. The molecule has 0 amide bonds. The highest BCUT2D eigenvalue weighted by Gasteiger charge is 2.09. The lowest BCUT2D eigenvalue weighted by atomic mass is 9.94. The summed E-state index contributed by atoms with van der Waals surface area (Å²) in [6.07, 6.45) is 0. The number of hydrogen-bond acceptors (Lipinski definition) is 2. The van der Waals surface area contributed by atoms with Crippen LogP contribution >= 0.6 is 0 Å². The van der Waals surface area contributed by atoms with E-state index in [1.807, 2.05) is 18.2 Å². The van der Waals surface area contributed by atoms with Crippen molar-refractivity contribution in [3.05, 3.63) is 18.2 Å². The third kappa shape index (κ3) is 1.07. The van der Waals surface area contributed by atoms with Crippen molar-refractivity contribution in [3.63, 3.8) is 0 Å². The number of para-hydroxylation sites is 1. The van der Waals surface area contributed by atoms with Gasteiger partial charge in [-0.05, 0) is 6.07 Å². The first-order chi connectivity index (χ1) is 5.38. The summed E-state index contributed by atoms with van der Waals surface area (Å²) in [6.45, 7) is 1.55. The van der Waals surface area contributed by atoms with Crippen molar-refractivity contribution < 1.29 is 4.74 Å². The maximum Gasteiger partial charge on any atom is 0.135 e. The minimum absolute atomic E-state index is 0.696. The molecule has 0 spiro atoms. The molecule has 2 radical (unpaired) electrons. The molecule has 1 heterocycles. The average molecular weight is 145 g/mol. The SMILES string of the molecule is [B]c1cccc2c1OCCN2. The van der Waals surface area contributed by atoms with E-state index >= 15 is 0 Å². The summed E-state index contributed by atoms with van der Waals surface area (Å²) in [5.74, 6) is 0.791. The minimum atomic E-state index is 0.696. The number of rotatable bonds is 0. The molecule has 0 aliphatic carbocycles. The fourth-order valence-corrected chi connectivity index (χ4v) is 1.19. The first kappa shape index (κ1) is 6.59. The Kier molecular flexibility index (Phi) is 1.49. The van der Waals surface area contributed by atoms with Crippen LogP contribution in [0.2, 0.25) is 0 Å². The highest BCUT2D eigenvalue weighted by molar-refractivity contribution is 6.34. The Labute approximate surface area is 67.0 Å². The van der Waals surface area contributed by atoms with E-state index in [1.165, 1.54) is 0 Å². The van der Waals surface area contributed by atoms with E-state index in [9.17, 15) is 0 Å². The van der Waals surface area contributed by atoms with E-state index in [1.54, 1.807) is 0 Å². The van der Waals surface area contributed by atoms with Gasteiger partial charge in [-0.25, -0.2) is 0 Å². The van der Waals surface area contributed by atoms with Gasteiger partial charge in [-0.3, -0.25) is 0 Å². The maximum atomic E-state index is 5.68. The Bertz CT molecular complexity index is 275. The van der Waals surface area contributed by atoms with Gasteiger partial charge in [0.05, 0.1) is 5.69 Å². The average Bonchev–Trinajstić information content (AvgIpc) is 2.06. The molecule has 1 aliphatic heterocycles. The molecule has 1 aliphatic rings. The lowest BCUT2D eigenvalue weighted by Crippen LogP contribution is -2.22. The van der Waals surface area contributed by atoms with Gasteiger partial charge in [0.25, 0.3) is 0 Å². The van der Waals surface area contributed by atoms with Gasteiger partial charge in [0.1, 0.15) is 20.2 Å². The number of benzene rings is 1. The topological polar surface area (TPSA) is 21.3 Å². The molecule has 1 aromatic rings. The van der Waals surface area contributed by atoms with Crippen LogP contribution in [-0.4, -0.2) is 21.0 Å². The highest BCUT2D eigenvalue weighted by atomic mass is 16.5. The standard InChI is InChI=1S/C8H8BNO/c9-6-2-1-3-7-8(6)11-5-4-10-7/h1-3,10H,4-5H2. The number of fused-ring (bicyclic) bond motifs is 1. The Hall–Kier alpha value is -1.12. The van der Waals surface area contributed by atoms with Crippen molar-refractivity contribution in [1.29, 1.82) is 0 Å². The zero-order valence-electron chi connectivity index (χ0n) is 6.13. The zero-order chi connectivity index (χ0) is 7.68. The second-order valence-corrected chi connectivity index (χ2v) is 2.50. The Morgan fingerprint density at radius 3 is 3.18 bits per heavy atom. The van der Waals surface area contributed by atoms with Crippen LogP contribution in [0.15, 0.2) is 18.2 Å². The molecule has 1 N–H and O–H groups in total. The Morgan fingerprint density at radius 1 is 1.45 bits per heavy atom. The molecule has 3 heteroatoms. The van der Waals surface area contributed by atoms with E-state index < -0.39 is 0 Å². The second-order valence-electron chi connectivity index (χ2n) is 2.50. The van der Waals surface area contributed by atoms with Crippen molar-refractivity contribution in [1.82, 2.24) is 0 Å². The van der Waals surface area contributed by atoms with Crippen LogP contribution in [0.25, 0.3) is 0 Å². The maximum absolute atomic E-state index is 5.68. The Morgan fingerprint density at radius 2 is 2.36 bits per heavy atom. The number of hydrogen-bond donors (Lipinski definition) is 1. The molecule has 2 nitrogen and oxygen atoms in total. The molecule has 1 aromatic carbocycles. The lowest BCUT2D eigenvalue weighted by Gasteiger charge is -2.20. The smallest absolute Gasteiger partial charge is 0.135 e. The summed E-state index contributed by atoms with van der Waals surface area (Å²) < 4.78 is 5.37. The fourth-order valence-electron chi connectivity index (χ4n) is 1.19. The van der Waals surface area contributed by atoms with Crippen LogP contribution in [0.4, 0.5) is 5.69 Å². The molecular formula is C8H8BNO. The van der Waals surface area contributed by atoms with Crippen LogP contribution in [0.3, 0.4) is 0 Å². The molecule has 11 heavy (non-hydrogen) atoms. The van der Waals surface area contributed by atoms with Gasteiger partial charge in [0.2, 0.25) is 0 Å². The quantitative estimate of drug-likeness (QED) is 0.529. The summed E-state index contributed by atoms with van der Waals surface area (Å²) in [4.78, 5) is 0. The number of nitrogens with one attached hydrogen (secondary N) is 1. The van der Waals surface area contributed by atoms with Crippen molar-refractivity contribution in [2.24, 2.45) is 0 Å². The van der Waals surface area contributed by atoms with E-state index in [0.29, 0.717) is 12.1 Å². The third-order valence-corrected chi connectivity index (χ3v) is 1.71. The van der Waals surface area contributed by atoms with Crippen LogP contribution in [0.5, 0.6) is 5.75 Å². The molecule has 0 saturated carbocycles. The fraction of sp³-hybridized carbons (Fsp3) is 0.250. The minimum Gasteiger partial charge on any atom is -0.490 e. The molecule has 0 atom stereocenters. The number of ether oxygens (including phenoxy) is 1. The van der Waals surface area contributed by atoms with Crippen molar-refractivity contribution in [3.8, 4) is 5.75 Å². The van der Waals surface area contributed by atoms with Crippen LogP contribution < -0.4 is 15.5 Å². The van der Waals surface area contributed by atoms with Gasteiger partial charge in [-0.1, -0.05) is 17.6 Å². The van der Waals surface area contributed by atoms with E-state index in [-0.39, 0.29) is 0 Å². The van der Waals surface area contributed by atoms with Crippen LogP contribution in [-0.2, 0) is 0 Å². The van der Waals surface area contributed by atoms with E-state index in [0.717, 1.165) is 18.0 Å². The summed E-state index contributed by atoms with van der Waals surface area (Å²) in [6, 6.07) is 5.71. The highest BCUT2D eigenvalue weighted by Crippen LogP contribution is 2.23. The van der Waals surface area contributed by atoms with Crippen molar-refractivity contribution >= 4 is 19.0 Å². The molecule has 2 rings (SSSR count). The second kappa shape index (κ2) is 2.49. The van der Waals surface area contributed by atoms with Crippen LogP contribution in [0.1, 0.15) is 0 Å². The first-order valence-electron chi connectivity index (χ1n) is 3.63. The van der Waals surface area contributed by atoms with Crippen molar-refractivity contribution in [2.75, 3.05) is 18.5 Å². The van der Waals surface area contributed by atoms with Gasteiger partial charge in [0, 0.05) is 6.54 Å². The molecule has 0 fully saturated rings. The van der Waals surface area contributed by atoms with E-state index in [4.69, 9.17) is 12.6 Å². The molecule has 0 aromatic heterocycles. The van der Waals surface area contributed by atoms with Crippen LogP contribution in [0, 0.1) is 0 Å². The molecule has 0 bridgehead atoms. The van der Waals surface area contributed by atoms with Crippen molar-refractivity contribution in [2.45, 2.75) is 0 Å². The molecule has 54 valence electrons. The third-order valence-electron chi connectivity index (χ3n) is 1.71. The Balaban J connectivity index is 2.49. The van der Waals surface area contributed by atoms with Gasteiger partial charge in [-0.15, -0.1) is 0 Å². The molecule has 0 unspecified atom stereocenters. The predicted molar refractivity (Wildman–Crippen MR) is 45.8 cm³/mol. The van der Waals surface area contributed by atoms with Gasteiger partial charge >= 0.3 is 0 Å². The monoisotopic (exact) mass is 145 g/mol. The predicted octanol–water partition coefficient (Wildman–Crippen LogP) is 0.285. The first-order valence-corrected chi connectivity index (χ1v) is 3.63. The zero-order valence-corrected chi connectivity index (χ0v) is 6.13. The normalized spacial score (nSPS) is 14.5. The van der Waals surface area contributed by atoms with Gasteiger partial charge in [-0.2, -0.15) is 0 Å².